The molecule has 12 heteroatoms. The molecule has 0 aliphatic heterocycles. The van der Waals surface area contributed by atoms with Crippen LogP contribution in [0.4, 0.5) is 18.9 Å². The van der Waals surface area contributed by atoms with Crippen LogP contribution in [0.15, 0.2) is 59.1 Å². The molecular weight excluding hydrogens is 570 g/mol. The van der Waals surface area contributed by atoms with Crippen LogP contribution in [0.1, 0.15) is 51.7 Å². The van der Waals surface area contributed by atoms with E-state index in [2.05, 4.69) is 10.1 Å². The van der Waals surface area contributed by atoms with E-state index in [0.29, 0.717) is 38.2 Å². The van der Waals surface area contributed by atoms with Crippen molar-refractivity contribution in [2.75, 3.05) is 11.9 Å². The van der Waals surface area contributed by atoms with Crippen molar-refractivity contribution in [3.8, 4) is 17.1 Å². The van der Waals surface area contributed by atoms with E-state index < -0.39 is 17.8 Å². The summed E-state index contributed by atoms with van der Waals surface area (Å²) in [6.45, 7) is -0.0557. The van der Waals surface area contributed by atoms with Crippen molar-refractivity contribution in [1.82, 2.24) is 10.1 Å². The molecule has 0 radical (unpaired) electrons. The molecular formula is C28H22Cl2F3N3O4. The Kier molecular flexibility index (Phi) is 7.65. The third kappa shape index (κ3) is 5.88. The fourth-order valence-electron chi connectivity index (χ4n) is 4.34. The number of rotatable bonds is 9. The Bertz CT molecular complexity index is 1530. The molecule has 2 aromatic carbocycles. The smallest absolute Gasteiger partial charge is 0.435 e. The van der Waals surface area contributed by atoms with Gasteiger partial charge in [0.15, 0.2) is 5.69 Å². The third-order valence-electron chi connectivity index (χ3n) is 6.48. The minimum Gasteiger partial charge on any atom is -0.478 e. The van der Waals surface area contributed by atoms with Crippen molar-refractivity contribution in [3.05, 3.63) is 92.8 Å². The molecule has 1 saturated carbocycles. The molecule has 0 unspecified atom stereocenters. The lowest BCUT2D eigenvalue weighted by atomic mass is 10.0. The SMILES string of the molecule is CN(Cc1ccc(C(=O)O)cc1)c1ccc(OCc2c(-c3c(Cl)cccc3Cl)noc2C2CC2)nc1C(F)(F)F. The first-order chi connectivity index (χ1) is 19.0. The van der Waals surface area contributed by atoms with Gasteiger partial charge in [-0.1, -0.05) is 46.6 Å². The number of pyridine rings is 1. The van der Waals surface area contributed by atoms with Gasteiger partial charge in [0.2, 0.25) is 5.88 Å². The molecule has 7 nitrogen and oxygen atoms in total. The Morgan fingerprint density at radius 1 is 1.10 bits per heavy atom. The van der Waals surface area contributed by atoms with Crippen molar-refractivity contribution in [2.24, 2.45) is 0 Å². The van der Waals surface area contributed by atoms with Gasteiger partial charge >= 0.3 is 12.1 Å². The second kappa shape index (κ2) is 11.0. The van der Waals surface area contributed by atoms with E-state index in [9.17, 15) is 18.0 Å². The summed E-state index contributed by atoms with van der Waals surface area (Å²) < 4.78 is 53.6. The highest BCUT2D eigenvalue weighted by molar-refractivity contribution is 6.39. The van der Waals surface area contributed by atoms with Crippen LogP contribution < -0.4 is 9.64 Å². The first-order valence-corrected chi connectivity index (χ1v) is 13.0. The van der Waals surface area contributed by atoms with Crippen LogP contribution in [-0.2, 0) is 19.3 Å². The zero-order valence-corrected chi connectivity index (χ0v) is 22.5. The summed E-state index contributed by atoms with van der Waals surface area (Å²) in [5.41, 5.74) is 0.830. The van der Waals surface area contributed by atoms with E-state index >= 15 is 0 Å². The Morgan fingerprint density at radius 3 is 2.38 bits per heavy atom. The summed E-state index contributed by atoms with van der Waals surface area (Å²) in [6, 6.07) is 13.6. The van der Waals surface area contributed by atoms with Gasteiger partial charge < -0.3 is 19.3 Å². The van der Waals surface area contributed by atoms with Gasteiger partial charge in [0.05, 0.1) is 26.9 Å². The zero-order valence-electron chi connectivity index (χ0n) is 21.0. The van der Waals surface area contributed by atoms with E-state index in [-0.39, 0.29) is 36.2 Å². The molecule has 0 spiro atoms. The van der Waals surface area contributed by atoms with Crippen LogP contribution in [0, 0.1) is 0 Å². The fourth-order valence-corrected chi connectivity index (χ4v) is 4.91. The summed E-state index contributed by atoms with van der Waals surface area (Å²) in [5.74, 6) is -0.585. The normalized spacial score (nSPS) is 13.3. The number of aromatic nitrogens is 2. The molecule has 1 fully saturated rings. The molecule has 0 saturated heterocycles. The summed E-state index contributed by atoms with van der Waals surface area (Å²) >= 11 is 12.8. The molecule has 2 aromatic heterocycles. The lowest BCUT2D eigenvalue weighted by Crippen LogP contribution is -2.22. The van der Waals surface area contributed by atoms with Gasteiger partial charge in [-0.15, -0.1) is 0 Å². The second-order valence-electron chi connectivity index (χ2n) is 9.41. The Morgan fingerprint density at radius 2 is 1.77 bits per heavy atom. The second-order valence-corrected chi connectivity index (χ2v) is 10.2. The number of anilines is 1. The molecule has 2 heterocycles. The van der Waals surface area contributed by atoms with E-state index in [1.807, 2.05) is 0 Å². The first kappa shape index (κ1) is 27.8. The van der Waals surface area contributed by atoms with Crippen LogP contribution in [0.2, 0.25) is 10.0 Å². The third-order valence-corrected chi connectivity index (χ3v) is 7.11. The highest BCUT2D eigenvalue weighted by Crippen LogP contribution is 2.46. The van der Waals surface area contributed by atoms with Gasteiger partial charge in [-0.3, -0.25) is 0 Å². The number of hydrogen-bond acceptors (Lipinski definition) is 6. The molecule has 4 aromatic rings. The average Bonchev–Trinajstić information content (AvgIpc) is 3.67. The predicted molar refractivity (Wildman–Crippen MR) is 143 cm³/mol. The number of carbonyl (C=O) groups is 1. The van der Waals surface area contributed by atoms with Crippen LogP contribution in [0.5, 0.6) is 5.88 Å². The largest absolute Gasteiger partial charge is 0.478 e. The molecule has 1 N–H and O–H groups in total. The van der Waals surface area contributed by atoms with Gasteiger partial charge in [0, 0.05) is 31.1 Å². The highest BCUT2D eigenvalue weighted by atomic mass is 35.5. The quantitative estimate of drug-likeness (QED) is 0.212. The fraction of sp³-hybridized carbons (Fsp3) is 0.250. The Hall–Kier alpha value is -3.76. The number of carboxylic acids is 1. The number of aromatic carboxylic acids is 1. The monoisotopic (exact) mass is 591 g/mol. The van der Waals surface area contributed by atoms with E-state index in [1.54, 1.807) is 30.3 Å². The van der Waals surface area contributed by atoms with E-state index in [1.165, 1.54) is 36.2 Å². The summed E-state index contributed by atoms with van der Waals surface area (Å²) in [6.07, 6.45) is -2.97. The molecule has 1 aliphatic rings. The Labute approximate surface area is 237 Å². The maximum atomic E-state index is 14.1. The zero-order chi connectivity index (χ0) is 28.6. The number of ether oxygens (including phenoxy) is 1. The van der Waals surface area contributed by atoms with Crippen LogP contribution >= 0.6 is 23.2 Å². The first-order valence-electron chi connectivity index (χ1n) is 12.2. The van der Waals surface area contributed by atoms with Gasteiger partial charge in [-0.05, 0) is 48.7 Å². The minimum absolute atomic E-state index is 0.0863. The van der Waals surface area contributed by atoms with Crippen molar-refractivity contribution < 1.29 is 32.3 Å². The van der Waals surface area contributed by atoms with Gasteiger partial charge in [0.25, 0.3) is 0 Å². The van der Waals surface area contributed by atoms with Crippen LogP contribution in [0.25, 0.3) is 11.3 Å². The van der Waals surface area contributed by atoms with Gasteiger partial charge in [0.1, 0.15) is 18.1 Å². The lowest BCUT2D eigenvalue weighted by Gasteiger charge is -2.23. The number of halogens is 5. The molecule has 1 aliphatic carbocycles. The minimum atomic E-state index is -4.76. The maximum absolute atomic E-state index is 14.1. The topological polar surface area (TPSA) is 88.7 Å². The van der Waals surface area contributed by atoms with Crippen LogP contribution in [0.3, 0.4) is 0 Å². The molecule has 208 valence electrons. The van der Waals surface area contributed by atoms with Crippen molar-refractivity contribution in [2.45, 2.75) is 38.1 Å². The summed E-state index contributed by atoms with van der Waals surface area (Å²) in [5, 5.41) is 13.9. The summed E-state index contributed by atoms with van der Waals surface area (Å²) in [7, 11) is 1.50. The average molecular weight is 592 g/mol. The Balaban J connectivity index is 1.41. The number of hydrogen-bond donors (Lipinski definition) is 1. The highest BCUT2D eigenvalue weighted by Gasteiger charge is 2.38. The van der Waals surface area contributed by atoms with Crippen LogP contribution in [-0.4, -0.2) is 28.3 Å². The number of alkyl halides is 3. The number of carboxylic acid groups (broad SMARTS) is 1. The molecule has 5 rings (SSSR count). The lowest BCUT2D eigenvalue weighted by molar-refractivity contribution is -0.140. The predicted octanol–water partition coefficient (Wildman–Crippen LogP) is 7.85. The van der Waals surface area contributed by atoms with Gasteiger partial charge in [-0.2, -0.15) is 13.2 Å². The van der Waals surface area contributed by atoms with E-state index in [4.69, 9.17) is 37.6 Å². The molecule has 0 bridgehead atoms. The van der Waals surface area contributed by atoms with Crippen molar-refractivity contribution >= 4 is 34.9 Å². The van der Waals surface area contributed by atoms with Gasteiger partial charge in [-0.25, -0.2) is 9.78 Å². The molecule has 40 heavy (non-hydrogen) atoms. The van der Waals surface area contributed by atoms with Crippen molar-refractivity contribution in [3.63, 3.8) is 0 Å². The summed E-state index contributed by atoms with van der Waals surface area (Å²) in [4.78, 5) is 16.3. The number of benzene rings is 2. The molecule has 0 atom stereocenters. The number of nitrogens with zero attached hydrogens (tertiary/aromatic N) is 3. The van der Waals surface area contributed by atoms with E-state index in [0.717, 1.165) is 12.8 Å². The van der Waals surface area contributed by atoms with Crippen molar-refractivity contribution in [1.29, 1.82) is 0 Å². The standard InChI is InChI=1S/C28H22Cl2F3N3O4/c1-36(13-15-5-7-17(8-6-15)27(37)38)21-11-12-22(34-26(21)28(31,32)33)39-14-18-24(35-40-25(18)16-9-10-16)23-19(29)3-2-4-20(23)30/h2-8,11-12,16H,9-10,13-14H2,1H3,(H,37,38). The maximum Gasteiger partial charge on any atom is 0.435 e. The molecule has 0 amide bonds.